The second-order valence-electron chi connectivity index (χ2n) is 6.60. The zero-order chi connectivity index (χ0) is 21.8. The highest BCUT2D eigenvalue weighted by atomic mass is 16.5. The number of fused-ring (bicyclic) bond motifs is 1. The van der Waals surface area contributed by atoms with Crippen LogP contribution in [-0.2, 0) is 16.0 Å². The normalized spacial score (nSPS) is 10.6. The van der Waals surface area contributed by atoms with Gasteiger partial charge in [0.25, 0.3) is 0 Å². The SMILES string of the molecule is COC(=O)c1cccc(NC(=O)CCc2c(C)c3ccc(OC)cc3oc2=O)c1O. The second kappa shape index (κ2) is 8.69. The molecule has 0 bridgehead atoms. The minimum atomic E-state index is -0.718. The van der Waals surface area contributed by atoms with Crippen LogP contribution < -0.4 is 15.7 Å². The van der Waals surface area contributed by atoms with Gasteiger partial charge in [0.15, 0.2) is 5.75 Å². The Labute approximate surface area is 172 Å². The summed E-state index contributed by atoms with van der Waals surface area (Å²) in [5, 5.41) is 13.5. The Morgan fingerprint density at radius 3 is 2.63 bits per heavy atom. The van der Waals surface area contributed by atoms with Crippen molar-refractivity contribution < 1.29 is 28.6 Å². The molecule has 1 amide bonds. The molecular weight excluding hydrogens is 390 g/mol. The van der Waals surface area contributed by atoms with Gasteiger partial charge in [-0.25, -0.2) is 9.59 Å². The number of ether oxygens (including phenoxy) is 2. The number of para-hydroxylation sites is 1. The second-order valence-corrected chi connectivity index (χ2v) is 6.60. The van der Waals surface area contributed by atoms with Crippen LogP contribution in [0.1, 0.15) is 27.9 Å². The van der Waals surface area contributed by atoms with Crippen LogP contribution in [0.25, 0.3) is 11.0 Å². The Hall–Kier alpha value is -3.81. The molecule has 0 aliphatic carbocycles. The van der Waals surface area contributed by atoms with Crippen LogP contribution in [0.4, 0.5) is 5.69 Å². The number of amides is 1. The molecule has 0 radical (unpaired) electrons. The zero-order valence-corrected chi connectivity index (χ0v) is 16.8. The van der Waals surface area contributed by atoms with Crippen molar-refractivity contribution in [2.24, 2.45) is 0 Å². The van der Waals surface area contributed by atoms with Gasteiger partial charge in [-0.05, 0) is 43.2 Å². The number of nitrogens with one attached hydrogen (secondary N) is 1. The summed E-state index contributed by atoms with van der Waals surface area (Å²) in [5.74, 6) is -0.954. The van der Waals surface area contributed by atoms with Crippen LogP contribution in [0, 0.1) is 6.92 Å². The Morgan fingerprint density at radius 2 is 1.93 bits per heavy atom. The molecule has 8 heteroatoms. The van der Waals surface area contributed by atoms with E-state index in [0.29, 0.717) is 16.9 Å². The van der Waals surface area contributed by atoms with Crippen molar-refractivity contribution in [3.8, 4) is 11.5 Å². The molecule has 0 fully saturated rings. The van der Waals surface area contributed by atoms with E-state index in [4.69, 9.17) is 9.15 Å². The topological polar surface area (TPSA) is 115 Å². The first kappa shape index (κ1) is 20.9. The van der Waals surface area contributed by atoms with Crippen LogP contribution in [0.2, 0.25) is 0 Å². The number of anilines is 1. The lowest BCUT2D eigenvalue weighted by atomic mass is 10.0. The third kappa shape index (κ3) is 4.12. The largest absolute Gasteiger partial charge is 0.505 e. The maximum atomic E-state index is 12.4. The molecule has 0 saturated carbocycles. The summed E-state index contributed by atoms with van der Waals surface area (Å²) in [4.78, 5) is 36.4. The Kier molecular flexibility index (Phi) is 6.06. The van der Waals surface area contributed by atoms with Gasteiger partial charge in [0.05, 0.1) is 19.9 Å². The van der Waals surface area contributed by atoms with E-state index in [-0.39, 0.29) is 29.8 Å². The average molecular weight is 411 g/mol. The number of phenols is 1. The molecule has 0 aliphatic rings. The summed E-state index contributed by atoms with van der Waals surface area (Å²) in [6.45, 7) is 1.80. The highest BCUT2D eigenvalue weighted by Crippen LogP contribution is 2.28. The van der Waals surface area contributed by atoms with Crippen LogP contribution in [0.15, 0.2) is 45.6 Å². The van der Waals surface area contributed by atoms with Crippen LogP contribution in [0.3, 0.4) is 0 Å². The van der Waals surface area contributed by atoms with Crippen molar-refractivity contribution in [3.63, 3.8) is 0 Å². The van der Waals surface area contributed by atoms with E-state index in [9.17, 15) is 19.5 Å². The molecule has 3 rings (SSSR count). The number of methoxy groups -OCH3 is 2. The standard InChI is InChI=1S/C22H21NO7/c1-12-14-8-7-13(28-2)11-18(14)30-22(27)15(12)9-10-19(24)23-17-6-4-5-16(20(17)25)21(26)29-3/h4-8,11,25H,9-10H2,1-3H3,(H,23,24). The predicted octanol–water partition coefficient (Wildman–Crippen LogP) is 3.17. The van der Waals surface area contributed by atoms with E-state index < -0.39 is 17.5 Å². The van der Waals surface area contributed by atoms with Gasteiger partial charge in [0.2, 0.25) is 5.91 Å². The number of hydrogen-bond acceptors (Lipinski definition) is 7. The number of hydrogen-bond donors (Lipinski definition) is 2. The Bertz CT molecular complexity index is 1180. The lowest BCUT2D eigenvalue weighted by molar-refractivity contribution is -0.116. The molecule has 2 aromatic carbocycles. The van der Waals surface area contributed by atoms with Crippen molar-refractivity contribution >= 4 is 28.5 Å². The molecule has 8 nitrogen and oxygen atoms in total. The van der Waals surface area contributed by atoms with Gasteiger partial charge in [-0.15, -0.1) is 0 Å². The van der Waals surface area contributed by atoms with Gasteiger partial charge in [0.1, 0.15) is 16.9 Å². The number of aryl methyl sites for hydroxylation is 1. The summed E-state index contributed by atoms with van der Waals surface area (Å²) in [7, 11) is 2.72. The summed E-state index contributed by atoms with van der Waals surface area (Å²) in [6.07, 6.45) is 0.134. The smallest absolute Gasteiger partial charge is 0.341 e. The fourth-order valence-electron chi connectivity index (χ4n) is 3.16. The third-order valence-electron chi connectivity index (χ3n) is 4.81. The number of phenolic OH excluding ortho intramolecular Hbond substituents is 1. The summed E-state index contributed by atoms with van der Waals surface area (Å²) in [6, 6.07) is 9.56. The first-order valence-electron chi connectivity index (χ1n) is 9.16. The van der Waals surface area contributed by atoms with Gasteiger partial charge >= 0.3 is 11.6 Å². The molecular formula is C22H21NO7. The highest BCUT2D eigenvalue weighted by Gasteiger charge is 2.17. The van der Waals surface area contributed by atoms with E-state index >= 15 is 0 Å². The number of carbonyl (C=O) groups excluding carboxylic acids is 2. The Balaban J connectivity index is 1.78. The number of benzene rings is 2. The first-order chi connectivity index (χ1) is 14.3. The number of rotatable bonds is 6. The minimum Gasteiger partial charge on any atom is -0.505 e. The van der Waals surface area contributed by atoms with E-state index in [1.807, 2.05) is 0 Å². The number of esters is 1. The van der Waals surface area contributed by atoms with Crippen molar-refractivity contribution in [1.82, 2.24) is 0 Å². The third-order valence-corrected chi connectivity index (χ3v) is 4.81. The average Bonchev–Trinajstić information content (AvgIpc) is 2.74. The van der Waals surface area contributed by atoms with Gasteiger partial charge in [-0.1, -0.05) is 6.07 Å². The van der Waals surface area contributed by atoms with E-state index in [2.05, 4.69) is 10.1 Å². The van der Waals surface area contributed by atoms with Crippen molar-refractivity contribution in [3.05, 3.63) is 63.5 Å². The van der Waals surface area contributed by atoms with Gasteiger partial charge in [0, 0.05) is 23.4 Å². The molecule has 1 heterocycles. The lowest BCUT2D eigenvalue weighted by Gasteiger charge is -2.11. The molecule has 0 unspecified atom stereocenters. The molecule has 0 atom stereocenters. The molecule has 0 saturated heterocycles. The van der Waals surface area contributed by atoms with E-state index in [0.717, 1.165) is 10.9 Å². The summed E-state index contributed by atoms with van der Waals surface area (Å²) >= 11 is 0. The van der Waals surface area contributed by atoms with E-state index in [1.165, 1.54) is 32.4 Å². The first-order valence-corrected chi connectivity index (χ1v) is 9.16. The molecule has 0 spiro atoms. The molecule has 30 heavy (non-hydrogen) atoms. The summed E-state index contributed by atoms with van der Waals surface area (Å²) in [5.41, 5.74) is 1.04. The summed E-state index contributed by atoms with van der Waals surface area (Å²) < 4.78 is 15.1. The Morgan fingerprint density at radius 1 is 1.17 bits per heavy atom. The lowest BCUT2D eigenvalue weighted by Crippen LogP contribution is -2.17. The van der Waals surface area contributed by atoms with Crippen LogP contribution >= 0.6 is 0 Å². The molecule has 3 aromatic rings. The number of aromatic hydroxyl groups is 1. The van der Waals surface area contributed by atoms with Gasteiger partial charge < -0.3 is 24.3 Å². The maximum Gasteiger partial charge on any atom is 0.341 e. The highest BCUT2D eigenvalue weighted by molar-refractivity contribution is 5.98. The minimum absolute atomic E-state index is 0.0187. The molecule has 1 aromatic heterocycles. The van der Waals surface area contributed by atoms with Gasteiger partial charge in [-0.3, -0.25) is 4.79 Å². The van der Waals surface area contributed by atoms with Crippen LogP contribution in [-0.4, -0.2) is 31.2 Å². The number of carbonyl (C=O) groups is 2. The predicted molar refractivity (Wildman–Crippen MR) is 110 cm³/mol. The fraction of sp³-hybridized carbons (Fsp3) is 0.227. The van der Waals surface area contributed by atoms with Crippen molar-refractivity contribution in [2.45, 2.75) is 19.8 Å². The fourth-order valence-corrected chi connectivity index (χ4v) is 3.16. The van der Waals surface area contributed by atoms with E-state index in [1.54, 1.807) is 25.1 Å². The monoisotopic (exact) mass is 411 g/mol. The van der Waals surface area contributed by atoms with Gasteiger partial charge in [-0.2, -0.15) is 0 Å². The molecule has 2 N–H and O–H groups in total. The molecule has 156 valence electrons. The van der Waals surface area contributed by atoms with Crippen molar-refractivity contribution in [1.29, 1.82) is 0 Å². The quantitative estimate of drug-likeness (QED) is 0.364. The van der Waals surface area contributed by atoms with Crippen molar-refractivity contribution in [2.75, 3.05) is 19.5 Å². The maximum absolute atomic E-state index is 12.4. The zero-order valence-electron chi connectivity index (χ0n) is 16.8. The van der Waals surface area contributed by atoms with Crippen LogP contribution in [0.5, 0.6) is 11.5 Å². The molecule has 0 aliphatic heterocycles.